The summed E-state index contributed by atoms with van der Waals surface area (Å²) in [5.74, 6) is 1.23. The Labute approximate surface area is 187 Å². The molecule has 0 unspecified atom stereocenters. The van der Waals surface area contributed by atoms with Gasteiger partial charge in [0.1, 0.15) is 16.7 Å². The number of nitriles is 1. The Hall–Kier alpha value is -3.55. The van der Waals surface area contributed by atoms with Crippen LogP contribution in [-0.2, 0) is 0 Å². The minimum absolute atomic E-state index is 0.00886. The van der Waals surface area contributed by atoms with Crippen molar-refractivity contribution in [1.29, 1.82) is 5.26 Å². The third-order valence-electron chi connectivity index (χ3n) is 4.25. The SMILES string of the molecule is COc1ccc(-c2nc(SC)nc(Nc3ccc(Cl)c([N+](=O)[O-])c3)c2C#N)cc1OC. The molecule has 158 valence electrons. The maximum absolute atomic E-state index is 11.2. The lowest BCUT2D eigenvalue weighted by Crippen LogP contribution is -2.04. The average Bonchev–Trinajstić information content (AvgIpc) is 2.78. The second-order valence-corrected chi connectivity index (χ2v) is 7.19. The molecule has 1 N–H and O–H groups in total. The van der Waals surface area contributed by atoms with Crippen molar-refractivity contribution < 1.29 is 14.4 Å². The molecule has 0 amide bonds. The van der Waals surface area contributed by atoms with Crippen LogP contribution in [0.25, 0.3) is 11.3 Å². The fraction of sp³-hybridized carbons (Fsp3) is 0.150. The van der Waals surface area contributed by atoms with E-state index in [0.717, 1.165) is 0 Å². The fourth-order valence-corrected chi connectivity index (χ4v) is 3.34. The van der Waals surface area contributed by atoms with E-state index >= 15 is 0 Å². The summed E-state index contributed by atoms with van der Waals surface area (Å²) >= 11 is 7.18. The van der Waals surface area contributed by atoms with E-state index in [1.165, 1.54) is 38.1 Å². The van der Waals surface area contributed by atoms with E-state index in [4.69, 9.17) is 21.1 Å². The summed E-state index contributed by atoms with van der Waals surface area (Å²) in [5.41, 5.74) is 1.27. The number of thioether (sulfide) groups is 1. The van der Waals surface area contributed by atoms with E-state index in [1.807, 2.05) is 0 Å². The van der Waals surface area contributed by atoms with Crippen LogP contribution in [0.5, 0.6) is 11.5 Å². The summed E-state index contributed by atoms with van der Waals surface area (Å²) in [6, 6.07) is 11.5. The largest absolute Gasteiger partial charge is 0.493 e. The van der Waals surface area contributed by atoms with Crippen LogP contribution in [0, 0.1) is 21.4 Å². The smallest absolute Gasteiger partial charge is 0.289 e. The zero-order valence-corrected chi connectivity index (χ0v) is 18.2. The predicted octanol–water partition coefficient (Wildman–Crippen LogP) is 5.06. The summed E-state index contributed by atoms with van der Waals surface area (Å²) in [5, 5.41) is 24.4. The van der Waals surface area contributed by atoms with Crippen molar-refractivity contribution in [3.63, 3.8) is 0 Å². The molecular weight excluding hydrogens is 442 g/mol. The van der Waals surface area contributed by atoms with Gasteiger partial charge in [0.2, 0.25) is 0 Å². The van der Waals surface area contributed by atoms with E-state index < -0.39 is 4.92 Å². The minimum atomic E-state index is -0.582. The molecule has 2 aromatic carbocycles. The number of ether oxygens (including phenoxy) is 2. The van der Waals surface area contributed by atoms with Crippen molar-refractivity contribution in [2.24, 2.45) is 0 Å². The lowest BCUT2D eigenvalue weighted by Gasteiger charge is -2.14. The van der Waals surface area contributed by atoms with Gasteiger partial charge in [0.05, 0.1) is 24.8 Å². The van der Waals surface area contributed by atoms with Crippen molar-refractivity contribution in [2.45, 2.75) is 5.16 Å². The molecular formula is C20H16ClN5O4S. The van der Waals surface area contributed by atoms with Crippen LogP contribution in [-0.4, -0.2) is 35.4 Å². The summed E-state index contributed by atoms with van der Waals surface area (Å²) in [6.45, 7) is 0. The van der Waals surface area contributed by atoms with Crippen LogP contribution in [0.4, 0.5) is 17.2 Å². The van der Waals surface area contributed by atoms with Gasteiger partial charge in [-0.25, -0.2) is 9.97 Å². The molecule has 0 aliphatic carbocycles. The summed E-state index contributed by atoms with van der Waals surface area (Å²) < 4.78 is 10.6. The van der Waals surface area contributed by atoms with E-state index in [0.29, 0.717) is 33.6 Å². The van der Waals surface area contributed by atoms with E-state index in [2.05, 4.69) is 21.4 Å². The summed E-state index contributed by atoms with van der Waals surface area (Å²) in [6.07, 6.45) is 1.80. The molecule has 0 aliphatic heterocycles. The number of nitro groups is 1. The van der Waals surface area contributed by atoms with Crippen LogP contribution in [0.2, 0.25) is 5.02 Å². The molecule has 1 heterocycles. The highest BCUT2D eigenvalue weighted by Gasteiger charge is 2.19. The zero-order chi connectivity index (χ0) is 22.5. The van der Waals surface area contributed by atoms with Gasteiger partial charge < -0.3 is 14.8 Å². The number of nitro benzene ring substituents is 1. The second kappa shape index (κ2) is 9.51. The minimum Gasteiger partial charge on any atom is -0.493 e. The maximum Gasteiger partial charge on any atom is 0.289 e. The van der Waals surface area contributed by atoms with Crippen LogP contribution in [0.3, 0.4) is 0 Å². The first-order valence-corrected chi connectivity index (χ1v) is 10.3. The van der Waals surface area contributed by atoms with Gasteiger partial charge in [0.15, 0.2) is 22.5 Å². The topological polar surface area (TPSA) is 123 Å². The van der Waals surface area contributed by atoms with E-state index in [-0.39, 0.29) is 22.1 Å². The molecule has 0 radical (unpaired) electrons. The normalized spacial score (nSPS) is 10.3. The fourth-order valence-electron chi connectivity index (χ4n) is 2.79. The maximum atomic E-state index is 11.2. The average molecular weight is 458 g/mol. The van der Waals surface area contributed by atoms with Crippen molar-refractivity contribution in [1.82, 2.24) is 9.97 Å². The van der Waals surface area contributed by atoms with Gasteiger partial charge in [-0.05, 0) is 36.6 Å². The third-order valence-corrected chi connectivity index (χ3v) is 5.11. The zero-order valence-electron chi connectivity index (χ0n) is 16.7. The van der Waals surface area contributed by atoms with Gasteiger partial charge in [-0.3, -0.25) is 10.1 Å². The highest BCUT2D eigenvalue weighted by atomic mass is 35.5. The molecule has 11 heteroatoms. The Kier molecular flexibility index (Phi) is 6.79. The van der Waals surface area contributed by atoms with Crippen molar-refractivity contribution >= 4 is 40.6 Å². The van der Waals surface area contributed by atoms with Gasteiger partial charge in [-0.2, -0.15) is 5.26 Å². The predicted molar refractivity (Wildman–Crippen MR) is 118 cm³/mol. The second-order valence-electron chi connectivity index (χ2n) is 6.01. The Bertz CT molecular complexity index is 1200. The van der Waals surface area contributed by atoms with Gasteiger partial charge in [0, 0.05) is 17.3 Å². The van der Waals surface area contributed by atoms with Crippen molar-refractivity contribution in [3.05, 3.63) is 57.1 Å². The molecule has 0 saturated heterocycles. The Morgan fingerprint density at radius 1 is 1.16 bits per heavy atom. The van der Waals surface area contributed by atoms with E-state index in [9.17, 15) is 15.4 Å². The van der Waals surface area contributed by atoms with Gasteiger partial charge >= 0.3 is 0 Å². The number of halogens is 1. The first-order valence-electron chi connectivity index (χ1n) is 8.71. The van der Waals surface area contributed by atoms with Crippen LogP contribution >= 0.6 is 23.4 Å². The molecule has 3 rings (SSSR count). The lowest BCUT2D eigenvalue weighted by molar-refractivity contribution is -0.384. The molecule has 0 fully saturated rings. The number of rotatable bonds is 7. The number of nitrogens with zero attached hydrogens (tertiary/aromatic N) is 4. The molecule has 0 atom stereocenters. The number of anilines is 2. The molecule has 1 aromatic heterocycles. The van der Waals surface area contributed by atoms with Gasteiger partial charge in [-0.1, -0.05) is 23.4 Å². The summed E-state index contributed by atoms with van der Waals surface area (Å²) in [4.78, 5) is 19.5. The monoisotopic (exact) mass is 457 g/mol. The number of hydrogen-bond acceptors (Lipinski definition) is 9. The van der Waals surface area contributed by atoms with Crippen LogP contribution in [0.1, 0.15) is 5.56 Å². The molecule has 0 aliphatic rings. The number of methoxy groups -OCH3 is 2. The van der Waals surface area contributed by atoms with Gasteiger partial charge in [0.25, 0.3) is 5.69 Å². The van der Waals surface area contributed by atoms with E-state index in [1.54, 1.807) is 30.5 Å². The first kappa shape index (κ1) is 22.1. The molecule has 31 heavy (non-hydrogen) atoms. The lowest BCUT2D eigenvalue weighted by atomic mass is 10.1. The first-order chi connectivity index (χ1) is 14.9. The highest BCUT2D eigenvalue weighted by molar-refractivity contribution is 7.98. The number of benzene rings is 2. The number of nitrogens with one attached hydrogen (secondary N) is 1. The van der Waals surface area contributed by atoms with Crippen molar-refractivity contribution in [2.75, 3.05) is 25.8 Å². The van der Waals surface area contributed by atoms with Crippen LogP contribution in [0.15, 0.2) is 41.6 Å². The molecule has 0 spiro atoms. The highest BCUT2D eigenvalue weighted by Crippen LogP contribution is 2.36. The van der Waals surface area contributed by atoms with Crippen LogP contribution < -0.4 is 14.8 Å². The molecule has 3 aromatic rings. The number of hydrogen-bond donors (Lipinski definition) is 1. The quantitative estimate of drug-likeness (QED) is 0.224. The van der Waals surface area contributed by atoms with Crippen molar-refractivity contribution in [3.8, 4) is 28.8 Å². The molecule has 0 saturated carbocycles. The van der Waals surface area contributed by atoms with Gasteiger partial charge in [-0.15, -0.1) is 0 Å². The summed E-state index contributed by atoms with van der Waals surface area (Å²) in [7, 11) is 3.04. The molecule has 0 bridgehead atoms. The standard InChI is InChI=1S/C20H16ClN5O4S/c1-29-16-7-4-11(8-17(16)30-2)18-13(10-22)19(25-20(24-18)31-3)23-12-5-6-14(21)15(9-12)26(27)28/h4-9H,1-3H3,(H,23,24,25). The molecule has 9 nitrogen and oxygen atoms in total. The third kappa shape index (κ3) is 4.63. The Morgan fingerprint density at radius 2 is 1.90 bits per heavy atom. The number of aromatic nitrogens is 2. The Morgan fingerprint density at radius 3 is 2.52 bits per heavy atom. The Balaban J connectivity index is 2.14.